The van der Waals surface area contributed by atoms with E-state index in [2.05, 4.69) is 65.0 Å². The maximum Gasteiger partial charge on any atom is 0.191 e. The van der Waals surface area contributed by atoms with Crippen LogP contribution in [0.2, 0.25) is 0 Å². The van der Waals surface area contributed by atoms with Crippen LogP contribution in [0.15, 0.2) is 47.5 Å². The molecule has 0 bridgehead atoms. The lowest BCUT2D eigenvalue weighted by atomic mass is 10.1. The Kier molecular flexibility index (Phi) is 9.18. The first-order valence-electron chi connectivity index (χ1n) is 11.1. The smallest absolute Gasteiger partial charge is 0.191 e. The van der Waals surface area contributed by atoms with Crippen LogP contribution in [0.1, 0.15) is 35.6 Å². The fourth-order valence-electron chi connectivity index (χ4n) is 3.42. The molecule has 0 amide bonds. The number of hydrogen-bond donors (Lipinski definition) is 2. The molecule has 1 atom stereocenters. The molecule has 1 saturated heterocycles. The molecule has 0 spiro atoms. The van der Waals surface area contributed by atoms with Crippen molar-refractivity contribution in [1.82, 2.24) is 10.6 Å². The molecule has 1 heterocycles. The molecule has 2 aromatic rings. The van der Waals surface area contributed by atoms with Crippen LogP contribution in [0.3, 0.4) is 0 Å². The largest absolute Gasteiger partial charge is 0.493 e. The fourth-order valence-corrected chi connectivity index (χ4v) is 3.42. The minimum Gasteiger partial charge on any atom is -0.493 e. The summed E-state index contributed by atoms with van der Waals surface area (Å²) in [5.41, 5.74) is 4.69. The van der Waals surface area contributed by atoms with Crippen LogP contribution in [0.5, 0.6) is 5.75 Å². The Morgan fingerprint density at radius 1 is 1.10 bits per heavy atom. The number of guanidine groups is 1. The molecule has 1 aliphatic heterocycles. The summed E-state index contributed by atoms with van der Waals surface area (Å²) >= 11 is 0. The van der Waals surface area contributed by atoms with Crippen molar-refractivity contribution in [1.29, 1.82) is 0 Å². The minimum atomic E-state index is 0.482. The fraction of sp³-hybridized carbons (Fsp3) is 0.480. The van der Waals surface area contributed by atoms with E-state index in [0.29, 0.717) is 32.2 Å². The second kappa shape index (κ2) is 12.3. The van der Waals surface area contributed by atoms with Crippen molar-refractivity contribution in [3.63, 3.8) is 0 Å². The molecule has 168 valence electrons. The van der Waals surface area contributed by atoms with E-state index in [1.807, 2.05) is 6.92 Å². The lowest BCUT2D eigenvalue weighted by molar-refractivity contribution is 0.134. The van der Waals surface area contributed by atoms with Crippen LogP contribution in [0, 0.1) is 12.8 Å². The van der Waals surface area contributed by atoms with Gasteiger partial charge in [0.05, 0.1) is 19.8 Å². The minimum absolute atomic E-state index is 0.482. The highest BCUT2D eigenvalue weighted by Crippen LogP contribution is 2.22. The Morgan fingerprint density at radius 3 is 2.58 bits per heavy atom. The first-order valence-corrected chi connectivity index (χ1v) is 11.1. The highest BCUT2D eigenvalue weighted by molar-refractivity contribution is 5.79. The zero-order valence-corrected chi connectivity index (χ0v) is 18.9. The first-order chi connectivity index (χ1) is 15.2. The summed E-state index contributed by atoms with van der Waals surface area (Å²) in [6.45, 7) is 9.16. The highest BCUT2D eigenvalue weighted by atomic mass is 16.5. The third kappa shape index (κ3) is 7.56. The Hall–Kier alpha value is -2.57. The van der Waals surface area contributed by atoms with Crippen molar-refractivity contribution >= 4 is 5.96 Å². The summed E-state index contributed by atoms with van der Waals surface area (Å²) in [5.74, 6) is 2.17. The number of benzene rings is 2. The molecule has 0 radical (unpaired) electrons. The highest BCUT2D eigenvalue weighted by Gasteiger charge is 2.17. The quantitative estimate of drug-likeness (QED) is 0.448. The van der Waals surface area contributed by atoms with Crippen LogP contribution < -0.4 is 15.4 Å². The van der Waals surface area contributed by atoms with Crippen molar-refractivity contribution in [2.45, 2.75) is 40.0 Å². The normalized spacial score (nSPS) is 16.4. The van der Waals surface area contributed by atoms with Crippen molar-refractivity contribution in [2.24, 2.45) is 10.9 Å². The van der Waals surface area contributed by atoms with Crippen LogP contribution in [0.4, 0.5) is 0 Å². The van der Waals surface area contributed by atoms with Crippen LogP contribution >= 0.6 is 0 Å². The lowest BCUT2D eigenvalue weighted by Crippen LogP contribution is -2.36. The average molecular weight is 426 g/mol. The zero-order chi connectivity index (χ0) is 21.9. The molecule has 1 aliphatic rings. The summed E-state index contributed by atoms with van der Waals surface area (Å²) in [6.07, 6.45) is 1.07. The first kappa shape index (κ1) is 23.1. The van der Waals surface area contributed by atoms with Gasteiger partial charge in [-0.2, -0.15) is 0 Å². The molecule has 0 aromatic heterocycles. The second-order valence-electron chi connectivity index (χ2n) is 7.88. The van der Waals surface area contributed by atoms with E-state index in [1.54, 1.807) is 7.05 Å². The molecule has 2 aromatic carbocycles. The van der Waals surface area contributed by atoms with E-state index >= 15 is 0 Å². The van der Waals surface area contributed by atoms with Crippen LogP contribution in [-0.4, -0.2) is 39.4 Å². The molecule has 6 nitrogen and oxygen atoms in total. The van der Waals surface area contributed by atoms with Gasteiger partial charge in [0.1, 0.15) is 5.75 Å². The maximum atomic E-state index is 6.15. The summed E-state index contributed by atoms with van der Waals surface area (Å²) in [6, 6.07) is 14.8. The van der Waals surface area contributed by atoms with E-state index in [4.69, 9.17) is 14.2 Å². The van der Waals surface area contributed by atoms with Gasteiger partial charge in [-0.1, -0.05) is 36.4 Å². The van der Waals surface area contributed by atoms with Gasteiger partial charge in [0.25, 0.3) is 0 Å². The molecule has 2 N–H and O–H groups in total. The lowest BCUT2D eigenvalue weighted by Gasteiger charge is -2.17. The average Bonchev–Trinajstić information content (AvgIpc) is 3.32. The number of nitrogens with zero attached hydrogens (tertiary/aromatic N) is 1. The summed E-state index contributed by atoms with van der Waals surface area (Å²) in [4.78, 5) is 4.35. The van der Waals surface area contributed by atoms with Crippen molar-refractivity contribution in [2.75, 3.05) is 33.5 Å². The number of aliphatic imine (C=N–C) groups is 1. The van der Waals surface area contributed by atoms with Crippen LogP contribution in [-0.2, 0) is 29.2 Å². The number of nitrogens with one attached hydrogen (secondary N) is 2. The molecule has 3 rings (SSSR count). The van der Waals surface area contributed by atoms with Gasteiger partial charge in [-0.05, 0) is 43.0 Å². The third-order valence-corrected chi connectivity index (χ3v) is 5.35. The Balaban J connectivity index is 1.50. The van der Waals surface area contributed by atoms with Crippen molar-refractivity contribution in [3.8, 4) is 5.75 Å². The summed E-state index contributed by atoms with van der Waals surface area (Å²) in [5, 5.41) is 6.77. The Labute approximate surface area is 186 Å². The van der Waals surface area contributed by atoms with Gasteiger partial charge < -0.3 is 24.8 Å². The van der Waals surface area contributed by atoms with Gasteiger partial charge >= 0.3 is 0 Å². The second-order valence-corrected chi connectivity index (χ2v) is 7.88. The third-order valence-electron chi connectivity index (χ3n) is 5.35. The standard InChI is InChI=1S/C25H35N3O3/c1-4-29-16-21-8-6-20(7-9-21)14-27-25(26-3)28-15-23-10-5-19(2)13-24(23)31-18-22-11-12-30-17-22/h5-10,13,22H,4,11-12,14-18H2,1-3H3,(H2,26,27,28). The topological polar surface area (TPSA) is 64.1 Å². The molecular formula is C25H35N3O3. The molecule has 0 saturated carbocycles. The summed E-state index contributed by atoms with van der Waals surface area (Å²) < 4.78 is 17.1. The van der Waals surface area contributed by atoms with Gasteiger partial charge in [0, 0.05) is 44.8 Å². The van der Waals surface area contributed by atoms with Gasteiger partial charge in [-0.3, -0.25) is 4.99 Å². The molecule has 31 heavy (non-hydrogen) atoms. The molecule has 1 unspecified atom stereocenters. The van der Waals surface area contributed by atoms with Gasteiger partial charge in [-0.25, -0.2) is 0 Å². The zero-order valence-electron chi connectivity index (χ0n) is 18.9. The van der Waals surface area contributed by atoms with Crippen LogP contribution in [0.25, 0.3) is 0 Å². The van der Waals surface area contributed by atoms with Gasteiger partial charge in [0.15, 0.2) is 5.96 Å². The maximum absolute atomic E-state index is 6.15. The Morgan fingerprint density at radius 2 is 1.87 bits per heavy atom. The van der Waals surface area contributed by atoms with Gasteiger partial charge in [-0.15, -0.1) is 0 Å². The number of ether oxygens (including phenoxy) is 3. The van der Waals surface area contributed by atoms with Crippen molar-refractivity contribution in [3.05, 3.63) is 64.7 Å². The predicted octanol–water partition coefficient (Wildman–Crippen LogP) is 3.81. The summed E-state index contributed by atoms with van der Waals surface area (Å²) in [7, 11) is 1.78. The molecular weight excluding hydrogens is 390 g/mol. The van der Waals surface area contributed by atoms with E-state index < -0.39 is 0 Å². The number of hydrogen-bond acceptors (Lipinski definition) is 4. The van der Waals surface area contributed by atoms with E-state index in [9.17, 15) is 0 Å². The Bertz CT molecular complexity index is 830. The van der Waals surface area contributed by atoms with E-state index in [-0.39, 0.29) is 0 Å². The SMILES string of the molecule is CCOCc1ccc(CNC(=NC)NCc2ccc(C)cc2OCC2CCOC2)cc1. The predicted molar refractivity (Wildman–Crippen MR) is 124 cm³/mol. The number of aryl methyl sites for hydroxylation is 1. The molecule has 6 heteroatoms. The van der Waals surface area contributed by atoms with E-state index in [1.165, 1.54) is 16.7 Å². The van der Waals surface area contributed by atoms with Crippen molar-refractivity contribution < 1.29 is 14.2 Å². The van der Waals surface area contributed by atoms with Gasteiger partial charge in [0.2, 0.25) is 0 Å². The molecule has 1 fully saturated rings. The van der Waals surface area contributed by atoms with E-state index in [0.717, 1.165) is 43.5 Å². The molecule has 0 aliphatic carbocycles. The monoisotopic (exact) mass is 425 g/mol. The number of rotatable bonds is 10.